The maximum Gasteiger partial charge on any atom is 0.267 e. The molecule has 0 spiro atoms. The number of rotatable bonds is 3. The average Bonchev–Trinajstić information content (AvgIpc) is 3.23. The summed E-state index contributed by atoms with van der Waals surface area (Å²) in [7, 11) is 2.09. The Morgan fingerprint density at radius 2 is 1.87 bits per heavy atom. The topological polar surface area (TPSA) is 77.5 Å². The van der Waals surface area contributed by atoms with E-state index in [1.807, 2.05) is 36.4 Å². The second kappa shape index (κ2) is 7.95. The molecule has 1 aliphatic heterocycles. The third kappa shape index (κ3) is 3.58. The minimum Gasteiger partial charge on any atom is -0.353 e. The van der Waals surface area contributed by atoms with E-state index in [1.165, 1.54) is 15.7 Å². The summed E-state index contributed by atoms with van der Waals surface area (Å²) in [5.41, 5.74) is 2.04. The molecular weight excluding hydrogens is 408 g/mol. The summed E-state index contributed by atoms with van der Waals surface area (Å²) in [6, 6.07) is 15.5. The number of nitrogens with zero attached hydrogens (tertiary/aromatic N) is 6. The van der Waals surface area contributed by atoms with Crippen molar-refractivity contribution in [3.63, 3.8) is 0 Å². The van der Waals surface area contributed by atoms with Crippen LogP contribution in [0, 0.1) is 11.3 Å². The first-order valence-corrected chi connectivity index (χ1v) is 10.9. The lowest BCUT2D eigenvalue weighted by atomic mass is 10.1. The maximum absolute atomic E-state index is 13.4. The van der Waals surface area contributed by atoms with Gasteiger partial charge in [0.05, 0.1) is 21.4 Å². The van der Waals surface area contributed by atoms with Crippen LogP contribution in [0.3, 0.4) is 0 Å². The van der Waals surface area contributed by atoms with Crippen molar-refractivity contribution in [2.45, 2.75) is 0 Å². The molecule has 0 bridgehead atoms. The highest BCUT2D eigenvalue weighted by Gasteiger charge is 2.22. The quantitative estimate of drug-likeness (QED) is 0.467. The van der Waals surface area contributed by atoms with Crippen LogP contribution in [0.5, 0.6) is 0 Å². The zero-order valence-corrected chi connectivity index (χ0v) is 17.8. The number of fused-ring (bicyclic) bond motifs is 2. The first-order valence-electron chi connectivity index (χ1n) is 10.1. The highest BCUT2D eigenvalue weighted by Crippen LogP contribution is 2.29. The lowest BCUT2D eigenvalue weighted by Crippen LogP contribution is -2.45. The van der Waals surface area contributed by atoms with E-state index in [2.05, 4.69) is 27.9 Å². The summed E-state index contributed by atoms with van der Waals surface area (Å²) in [5.74, 6) is 0.623. The number of pyridine rings is 1. The lowest BCUT2D eigenvalue weighted by Gasteiger charge is -2.34. The molecule has 7 nitrogen and oxygen atoms in total. The van der Waals surface area contributed by atoms with Crippen LogP contribution in [0.25, 0.3) is 27.5 Å². The van der Waals surface area contributed by atoms with Crippen molar-refractivity contribution in [2.75, 3.05) is 38.1 Å². The van der Waals surface area contributed by atoms with Crippen LogP contribution in [0.2, 0.25) is 0 Å². The van der Waals surface area contributed by atoms with Gasteiger partial charge in [-0.15, -0.1) is 11.3 Å². The van der Waals surface area contributed by atoms with E-state index in [-0.39, 0.29) is 5.56 Å². The number of nitriles is 1. The summed E-state index contributed by atoms with van der Waals surface area (Å²) >= 11 is 1.45. The van der Waals surface area contributed by atoms with Crippen molar-refractivity contribution >= 4 is 44.7 Å². The van der Waals surface area contributed by atoms with E-state index in [4.69, 9.17) is 4.98 Å². The van der Waals surface area contributed by atoms with Gasteiger partial charge in [0.2, 0.25) is 0 Å². The Labute approximate surface area is 183 Å². The number of para-hydroxylation sites is 1. The van der Waals surface area contributed by atoms with Gasteiger partial charge in [-0.3, -0.25) is 9.20 Å². The van der Waals surface area contributed by atoms with Crippen LogP contribution in [-0.2, 0) is 0 Å². The Bertz CT molecular complexity index is 1370. The van der Waals surface area contributed by atoms with Crippen molar-refractivity contribution in [2.24, 2.45) is 0 Å². The van der Waals surface area contributed by atoms with Gasteiger partial charge < -0.3 is 9.80 Å². The minimum atomic E-state index is -0.187. The van der Waals surface area contributed by atoms with Gasteiger partial charge in [0, 0.05) is 32.4 Å². The van der Waals surface area contributed by atoms with E-state index < -0.39 is 0 Å². The van der Waals surface area contributed by atoms with Crippen molar-refractivity contribution < 1.29 is 0 Å². The highest BCUT2D eigenvalue weighted by molar-refractivity contribution is 7.19. The normalized spacial score (nSPS) is 15.5. The Hall–Kier alpha value is -3.54. The molecule has 8 heteroatoms. The van der Waals surface area contributed by atoms with Gasteiger partial charge in [-0.1, -0.05) is 18.2 Å². The number of anilines is 1. The van der Waals surface area contributed by atoms with Gasteiger partial charge in [-0.25, -0.2) is 9.97 Å². The fourth-order valence-electron chi connectivity index (χ4n) is 3.75. The van der Waals surface area contributed by atoms with Crippen LogP contribution in [0.4, 0.5) is 5.82 Å². The molecule has 0 atom stereocenters. The summed E-state index contributed by atoms with van der Waals surface area (Å²) in [6.45, 7) is 3.33. The summed E-state index contributed by atoms with van der Waals surface area (Å²) in [6.07, 6.45) is 3.36. The smallest absolute Gasteiger partial charge is 0.267 e. The maximum atomic E-state index is 13.4. The molecule has 1 saturated heterocycles. The number of piperazine rings is 1. The monoisotopic (exact) mass is 428 g/mol. The number of hydrogen-bond donors (Lipinski definition) is 0. The Morgan fingerprint density at radius 1 is 1.10 bits per heavy atom. The van der Waals surface area contributed by atoms with Crippen LogP contribution in [-0.4, -0.2) is 52.5 Å². The molecule has 1 aromatic carbocycles. The molecule has 3 aromatic heterocycles. The molecule has 0 amide bonds. The number of aromatic nitrogens is 3. The largest absolute Gasteiger partial charge is 0.353 e. The lowest BCUT2D eigenvalue weighted by molar-refractivity contribution is 0.312. The van der Waals surface area contributed by atoms with Gasteiger partial charge in [0.15, 0.2) is 0 Å². The van der Waals surface area contributed by atoms with Crippen molar-refractivity contribution in [3.8, 4) is 6.07 Å². The molecule has 154 valence electrons. The van der Waals surface area contributed by atoms with Crippen LogP contribution in [0.1, 0.15) is 10.6 Å². The SMILES string of the molecule is CN1CCN(c2nc3ccccn3c(=O)c2C=C(C#N)c2nc3ccccc3s2)CC1. The number of benzene rings is 1. The van der Waals surface area contributed by atoms with Gasteiger partial charge >= 0.3 is 0 Å². The molecule has 1 aliphatic rings. The van der Waals surface area contributed by atoms with Crippen LogP contribution in [0.15, 0.2) is 53.5 Å². The third-order valence-corrected chi connectivity index (χ3v) is 6.55. The molecular formula is C23H20N6OS. The van der Waals surface area contributed by atoms with Gasteiger partial charge in [-0.05, 0) is 37.4 Å². The molecule has 4 aromatic rings. The molecule has 31 heavy (non-hydrogen) atoms. The van der Waals surface area contributed by atoms with Gasteiger partial charge in [0.25, 0.3) is 5.56 Å². The Balaban J connectivity index is 1.70. The standard InChI is InChI=1S/C23H20N6OS/c1-27-10-12-28(13-11-27)21-17(23(30)29-9-5-4-8-20(29)26-21)14-16(15-24)22-25-18-6-2-3-7-19(18)31-22/h2-9,14H,10-13H2,1H3. The van der Waals surface area contributed by atoms with Crippen molar-refractivity contribution in [1.82, 2.24) is 19.3 Å². The fourth-order valence-corrected chi connectivity index (χ4v) is 4.68. The number of thiazole rings is 1. The zero-order chi connectivity index (χ0) is 21.4. The van der Waals surface area contributed by atoms with E-state index in [0.29, 0.717) is 27.6 Å². The van der Waals surface area contributed by atoms with Crippen molar-refractivity contribution in [1.29, 1.82) is 5.26 Å². The molecule has 0 unspecified atom stereocenters. The summed E-state index contributed by atoms with van der Waals surface area (Å²) in [4.78, 5) is 27.2. The molecule has 0 N–H and O–H groups in total. The molecule has 0 radical (unpaired) electrons. The van der Waals surface area contributed by atoms with Crippen LogP contribution >= 0.6 is 11.3 Å². The van der Waals surface area contributed by atoms with E-state index in [0.717, 1.165) is 36.4 Å². The second-order valence-corrected chi connectivity index (χ2v) is 8.56. The minimum absolute atomic E-state index is 0.187. The van der Waals surface area contributed by atoms with Gasteiger partial charge in [0.1, 0.15) is 22.5 Å². The van der Waals surface area contributed by atoms with Crippen LogP contribution < -0.4 is 10.5 Å². The molecule has 1 fully saturated rings. The first kappa shape index (κ1) is 19.4. The van der Waals surface area contributed by atoms with E-state index in [1.54, 1.807) is 18.3 Å². The Morgan fingerprint density at radius 3 is 2.65 bits per heavy atom. The number of hydrogen-bond acceptors (Lipinski definition) is 7. The van der Waals surface area contributed by atoms with Gasteiger partial charge in [-0.2, -0.15) is 5.26 Å². The third-order valence-electron chi connectivity index (χ3n) is 5.49. The fraction of sp³-hybridized carbons (Fsp3) is 0.217. The molecule has 0 aliphatic carbocycles. The van der Waals surface area contributed by atoms with E-state index >= 15 is 0 Å². The average molecular weight is 429 g/mol. The van der Waals surface area contributed by atoms with Crippen molar-refractivity contribution in [3.05, 3.63) is 69.6 Å². The zero-order valence-electron chi connectivity index (χ0n) is 17.0. The predicted molar refractivity (Wildman–Crippen MR) is 124 cm³/mol. The molecule has 0 saturated carbocycles. The molecule has 4 heterocycles. The molecule has 5 rings (SSSR count). The predicted octanol–water partition coefficient (Wildman–Crippen LogP) is 3.12. The number of allylic oxidation sites excluding steroid dienone is 1. The first-order chi connectivity index (χ1) is 15.1. The number of likely N-dealkylation sites (N-methyl/N-ethyl adjacent to an activating group) is 1. The highest BCUT2D eigenvalue weighted by atomic mass is 32.1. The van der Waals surface area contributed by atoms with E-state index in [9.17, 15) is 10.1 Å². The Kier molecular flexibility index (Phi) is 4.98. The summed E-state index contributed by atoms with van der Waals surface area (Å²) in [5, 5.41) is 10.5. The second-order valence-electron chi connectivity index (χ2n) is 7.53. The summed E-state index contributed by atoms with van der Waals surface area (Å²) < 4.78 is 2.53.